The molecule has 2 N–H and O–H groups in total. The summed E-state index contributed by atoms with van der Waals surface area (Å²) in [5.74, 6) is 0.241. The second kappa shape index (κ2) is 9.30. The van der Waals surface area contributed by atoms with E-state index in [1.807, 2.05) is 24.3 Å². The normalized spacial score (nSPS) is 15.2. The fraction of sp³-hybridized carbons (Fsp3) is 0.556. The van der Waals surface area contributed by atoms with Crippen molar-refractivity contribution < 1.29 is 14.3 Å². The molecular formula is C18H26N2O3. The number of ether oxygens (including phenoxy) is 1. The lowest BCUT2D eigenvalue weighted by Crippen LogP contribution is -2.28. The lowest BCUT2D eigenvalue weighted by Gasteiger charge is -2.20. The lowest BCUT2D eigenvalue weighted by atomic mass is 9.88. The largest absolute Gasteiger partial charge is 0.383 e. The van der Waals surface area contributed by atoms with Gasteiger partial charge in [0.25, 0.3) is 0 Å². The minimum absolute atomic E-state index is 0.0268. The first-order chi connectivity index (χ1) is 11.2. The van der Waals surface area contributed by atoms with Gasteiger partial charge >= 0.3 is 0 Å². The number of rotatable bonds is 7. The van der Waals surface area contributed by atoms with E-state index in [0.717, 1.165) is 36.9 Å². The summed E-state index contributed by atoms with van der Waals surface area (Å²) in [6, 6.07) is 7.48. The molecule has 1 aliphatic rings. The van der Waals surface area contributed by atoms with E-state index in [9.17, 15) is 9.59 Å². The van der Waals surface area contributed by atoms with E-state index in [2.05, 4.69) is 10.6 Å². The van der Waals surface area contributed by atoms with Crippen molar-refractivity contribution in [1.82, 2.24) is 5.32 Å². The van der Waals surface area contributed by atoms with Gasteiger partial charge in [-0.05, 0) is 30.5 Å². The Morgan fingerprint density at radius 2 is 1.83 bits per heavy atom. The molecule has 0 saturated heterocycles. The Labute approximate surface area is 137 Å². The average Bonchev–Trinajstić information content (AvgIpc) is 2.57. The fourth-order valence-electron chi connectivity index (χ4n) is 2.86. The highest BCUT2D eigenvalue weighted by Crippen LogP contribution is 2.25. The zero-order valence-corrected chi connectivity index (χ0v) is 13.8. The highest BCUT2D eigenvalue weighted by molar-refractivity contribution is 5.92. The van der Waals surface area contributed by atoms with E-state index in [0.29, 0.717) is 19.6 Å². The molecule has 5 heteroatoms. The van der Waals surface area contributed by atoms with Crippen LogP contribution in [0.3, 0.4) is 0 Å². The van der Waals surface area contributed by atoms with Crippen LogP contribution in [-0.4, -0.2) is 32.1 Å². The van der Waals surface area contributed by atoms with Gasteiger partial charge in [0, 0.05) is 25.3 Å². The number of benzene rings is 1. The quantitative estimate of drug-likeness (QED) is 0.759. The van der Waals surface area contributed by atoms with Gasteiger partial charge in [-0.15, -0.1) is 0 Å². The molecule has 0 heterocycles. The maximum absolute atomic E-state index is 12.2. The molecular weight excluding hydrogens is 292 g/mol. The summed E-state index contributed by atoms with van der Waals surface area (Å²) >= 11 is 0. The molecule has 0 atom stereocenters. The highest BCUT2D eigenvalue weighted by atomic mass is 16.5. The molecule has 126 valence electrons. The van der Waals surface area contributed by atoms with Crippen molar-refractivity contribution in [2.75, 3.05) is 25.6 Å². The predicted molar refractivity (Wildman–Crippen MR) is 90.2 cm³/mol. The van der Waals surface area contributed by atoms with Crippen molar-refractivity contribution in [3.63, 3.8) is 0 Å². The maximum atomic E-state index is 12.2. The monoisotopic (exact) mass is 318 g/mol. The van der Waals surface area contributed by atoms with Crippen LogP contribution in [0, 0.1) is 5.92 Å². The van der Waals surface area contributed by atoms with Gasteiger partial charge in [-0.2, -0.15) is 0 Å². The molecule has 0 spiro atoms. The first kappa shape index (κ1) is 17.5. The molecule has 0 aromatic heterocycles. The predicted octanol–water partition coefficient (Wildman–Crippen LogP) is 2.51. The van der Waals surface area contributed by atoms with Crippen LogP contribution in [0.2, 0.25) is 0 Å². The van der Waals surface area contributed by atoms with Gasteiger partial charge in [0.2, 0.25) is 11.8 Å². The van der Waals surface area contributed by atoms with Gasteiger partial charge in [0.1, 0.15) is 0 Å². The highest BCUT2D eigenvalue weighted by Gasteiger charge is 2.20. The number of carbonyl (C=O) groups is 2. The standard InChI is InChI=1S/C18H26N2O3/c1-23-12-11-19-17(21)13-14-7-9-16(10-8-14)20-18(22)15-5-3-2-4-6-15/h7-10,15H,2-6,11-13H2,1H3,(H,19,21)(H,20,22). The van der Waals surface area contributed by atoms with Crippen molar-refractivity contribution in [2.45, 2.75) is 38.5 Å². The van der Waals surface area contributed by atoms with Crippen LogP contribution in [0.5, 0.6) is 0 Å². The van der Waals surface area contributed by atoms with E-state index >= 15 is 0 Å². The fourth-order valence-corrected chi connectivity index (χ4v) is 2.86. The molecule has 0 bridgehead atoms. The lowest BCUT2D eigenvalue weighted by molar-refractivity contribution is -0.121. The second-order valence-electron chi connectivity index (χ2n) is 6.04. The van der Waals surface area contributed by atoms with E-state index in [1.54, 1.807) is 7.11 Å². The van der Waals surface area contributed by atoms with E-state index < -0.39 is 0 Å². The Kier molecular flexibility index (Phi) is 7.07. The zero-order chi connectivity index (χ0) is 16.5. The van der Waals surface area contributed by atoms with Gasteiger partial charge in [0.15, 0.2) is 0 Å². The number of hydrogen-bond acceptors (Lipinski definition) is 3. The maximum Gasteiger partial charge on any atom is 0.227 e. The Bertz CT molecular complexity index is 508. The van der Waals surface area contributed by atoms with Crippen LogP contribution in [0.25, 0.3) is 0 Å². The van der Waals surface area contributed by atoms with Crippen LogP contribution >= 0.6 is 0 Å². The van der Waals surface area contributed by atoms with Crippen LogP contribution < -0.4 is 10.6 Å². The molecule has 1 aliphatic carbocycles. The minimum atomic E-state index is -0.0268. The van der Waals surface area contributed by atoms with E-state index in [4.69, 9.17) is 4.74 Å². The molecule has 23 heavy (non-hydrogen) atoms. The summed E-state index contributed by atoms with van der Waals surface area (Å²) in [5.41, 5.74) is 1.72. The smallest absolute Gasteiger partial charge is 0.227 e. The summed E-state index contributed by atoms with van der Waals surface area (Å²) in [5, 5.41) is 5.77. The molecule has 0 aliphatic heterocycles. The third-order valence-electron chi connectivity index (χ3n) is 4.19. The zero-order valence-electron chi connectivity index (χ0n) is 13.8. The first-order valence-corrected chi connectivity index (χ1v) is 8.34. The Morgan fingerprint density at radius 3 is 2.48 bits per heavy atom. The number of nitrogens with one attached hydrogen (secondary N) is 2. The van der Waals surface area contributed by atoms with Crippen LogP contribution in [0.4, 0.5) is 5.69 Å². The molecule has 2 rings (SSSR count). The molecule has 5 nitrogen and oxygen atoms in total. The van der Waals surface area contributed by atoms with Gasteiger partial charge in [-0.3, -0.25) is 9.59 Å². The first-order valence-electron chi connectivity index (χ1n) is 8.34. The summed E-state index contributed by atoms with van der Waals surface area (Å²) < 4.78 is 4.89. The molecule has 0 unspecified atom stereocenters. The van der Waals surface area contributed by atoms with Crippen LogP contribution in [-0.2, 0) is 20.7 Å². The molecule has 1 saturated carbocycles. The van der Waals surface area contributed by atoms with Gasteiger partial charge in [0.05, 0.1) is 13.0 Å². The minimum Gasteiger partial charge on any atom is -0.383 e. The summed E-state index contributed by atoms with van der Waals surface area (Å²) in [6.45, 7) is 1.03. The number of hydrogen-bond donors (Lipinski definition) is 2. The van der Waals surface area contributed by atoms with E-state index in [1.165, 1.54) is 6.42 Å². The summed E-state index contributed by atoms with van der Waals surface area (Å²) in [7, 11) is 1.60. The number of amides is 2. The molecule has 1 fully saturated rings. The van der Waals surface area contributed by atoms with Gasteiger partial charge in [-0.25, -0.2) is 0 Å². The third-order valence-corrected chi connectivity index (χ3v) is 4.19. The number of methoxy groups -OCH3 is 1. The Morgan fingerprint density at radius 1 is 1.13 bits per heavy atom. The Hall–Kier alpha value is -1.88. The Balaban J connectivity index is 1.79. The summed E-state index contributed by atoms with van der Waals surface area (Å²) in [4.78, 5) is 23.9. The average molecular weight is 318 g/mol. The van der Waals surface area contributed by atoms with Crippen molar-refractivity contribution in [1.29, 1.82) is 0 Å². The summed E-state index contributed by atoms with van der Waals surface area (Å²) in [6.07, 6.45) is 5.85. The third kappa shape index (κ3) is 6.02. The van der Waals surface area contributed by atoms with Gasteiger partial charge < -0.3 is 15.4 Å². The molecule has 0 radical (unpaired) electrons. The van der Waals surface area contributed by atoms with Crippen LogP contribution in [0.15, 0.2) is 24.3 Å². The van der Waals surface area contributed by atoms with Crippen molar-refractivity contribution in [2.24, 2.45) is 5.92 Å². The van der Waals surface area contributed by atoms with Gasteiger partial charge in [-0.1, -0.05) is 31.4 Å². The van der Waals surface area contributed by atoms with Crippen molar-refractivity contribution in [3.8, 4) is 0 Å². The number of carbonyl (C=O) groups excluding carboxylic acids is 2. The van der Waals surface area contributed by atoms with Crippen LogP contribution in [0.1, 0.15) is 37.7 Å². The second-order valence-corrected chi connectivity index (χ2v) is 6.04. The van der Waals surface area contributed by atoms with Crippen molar-refractivity contribution in [3.05, 3.63) is 29.8 Å². The molecule has 1 aromatic rings. The van der Waals surface area contributed by atoms with E-state index in [-0.39, 0.29) is 17.7 Å². The topological polar surface area (TPSA) is 67.4 Å². The molecule has 1 aromatic carbocycles. The molecule has 2 amide bonds. The van der Waals surface area contributed by atoms with Crippen molar-refractivity contribution >= 4 is 17.5 Å². The SMILES string of the molecule is COCCNC(=O)Cc1ccc(NC(=O)C2CCCCC2)cc1. The number of anilines is 1.